The fraction of sp³-hybridized carbons (Fsp3) is 0.333. The molecule has 0 unspecified atom stereocenters. The van der Waals surface area contributed by atoms with Gasteiger partial charge in [0.1, 0.15) is 17.6 Å². The van der Waals surface area contributed by atoms with Gasteiger partial charge in [-0.2, -0.15) is 0 Å². The van der Waals surface area contributed by atoms with Crippen molar-refractivity contribution in [1.82, 2.24) is 10.2 Å². The van der Waals surface area contributed by atoms with Gasteiger partial charge in [0.2, 0.25) is 5.91 Å². The molecular formula is C21H25FN2O3. The van der Waals surface area contributed by atoms with Crippen LogP contribution < -0.4 is 10.1 Å². The van der Waals surface area contributed by atoms with Crippen LogP contribution in [0.1, 0.15) is 25.8 Å². The van der Waals surface area contributed by atoms with Crippen LogP contribution in [0.5, 0.6) is 5.75 Å². The van der Waals surface area contributed by atoms with Crippen molar-refractivity contribution in [3.05, 3.63) is 66.0 Å². The van der Waals surface area contributed by atoms with E-state index in [2.05, 4.69) is 5.32 Å². The van der Waals surface area contributed by atoms with E-state index < -0.39 is 6.04 Å². The number of hydrogen-bond acceptors (Lipinski definition) is 3. The maximum absolute atomic E-state index is 13.2. The molecule has 0 aliphatic heterocycles. The number of nitrogens with zero attached hydrogens (tertiary/aromatic N) is 1. The summed E-state index contributed by atoms with van der Waals surface area (Å²) in [5, 5.41) is 2.80. The summed E-state index contributed by atoms with van der Waals surface area (Å²) in [7, 11) is 0. The zero-order chi connectivity index (χ0) is 19.6. The predicted molar refractivity (Wildman–Crippen MR) is 102 cm³/mol. The SMILES string of the molecule is CCCNC(=O)[C@@H](C)N(Cc1ccc(F)cc1)C(=O)COc1ccccc1. The second-order valence-electron chi connectivity index (χ2n) is 6.22. The van der Waals surface area contributed by atoms with Crippen molar-refractivity contribution in [3.63, 3.8) is 0 Å². The minimum Gasteiger partial charge on any atom is -0.484 e. The van der Waals surface area contributed by atoms with Crippen LogP contribution in [0.2, 0.25) is 0 Å². The van der Waals surface area contributed by atoms with Crippen LogP contribution in [-0.4, -0.2) is 35.9 Å². The van der Waals surface area contributed by atoms with E-state index in [1.807, 2.05) is 25.1 Å². The molecule has 1 atom stereocenters. The number of halogens is 1. The topological polar surface area (TPSA) is 58.6 Å². The second kappa shape index (κ2) is 10.3. The van der Waals surface area contributed by atoms with Crippen LogP contribution in [0.4, 0.5) is 4.39 Å². The summed E-state index contributed by atoms with van der Waals surface area (Å²) < 4.78 is 18.7. The number of para-hydroxylation sites is 1. The highest BCUT2D eigenvalue weighted by molar-refractivity contribution is 5.87. The third-order valence-electron chi connectivity index (χ3n) is 4.09. The molecule has 6 heteroatoms. The average molecular weight is 372 g/mol. The van der Waals surface area contributed by atoms with Gasteiger partial charge in [-0.3, -0.25) is 9.59 Å². The molecule has 27 heavy (non-hydrogen) atoms. The highest BCUT2D eigenvalue weighted by Gasteiger charge is 2.26. The van der Waals surface area contributed by atoms with E-state index in [4.69, 9.17) is 4.74 Å². The summed E-state index contributed by atoms with van der Waals surface area (Å²) in [5.41, 5.74) is 0.736. The molecular weight excluding hydrogens is 347 g/mol. The number of carbonyl (C=O) groups excluding carboxylic acids is 2. The van der Waals surface area contributed by atoms with Crippen molar-refractivity contribution in [2.75, 3.05) is 13.2 Å². The standard InChI is InChI=1S/C21H25FN2O3/c1-3-13-23-21(26)16(2)24(14-17-9-11-18(22)12-10-17)20(25)15-27-19-7-5-4-6-8-19/h4-12,16H,3,13-15H2,1-2H3,(H,23,26)/t16-/m1/s1. The van der Waals surface area contributed by atoms with E-state index in [-0.39, 0.29) is 30.8 Å². The summed E-state index contributed by atoms with van der Waals surface area (Å²) in [6.45, 7) is 4.19. The van der Waals surface area contributed by atoms with Gasteiger partial charge in [-0.15, -0.1) is 0 Å². The zero-order valence-electron chi connectivity index (χ0n) is 15.7. The predicted octanol–water partition coefficient (Wildman–Crippen LogP) is 3.15. The van der Waals surface area contributed by atoms with Gasteiger partial charge in [0.05, 0.1) is 0 Å². The first-order valence-corrected chi connectivity index (χ1v) is 9.00. The Balaban J connectivity index is 2.10. The van der Waals surface area contributed by atoms with Gasteiger partial charge in [-0.1, -0.05) is 37.3 Å². The van der Waals surface area contributed by atoms with E-state index in [0.717, 1.165) is 12.0 Å². The highest BCUT2D eigenvalue weighted by Crippen LogP contribution is 2.13. The van der Waals surface area contributed by atoms with Crippen LogP contribution in [0.3, 0.4) is 0 Å². The molecule has 0 aliphatic carbocycles. The zero-order valence-corrected chi connectivity index (χ0v) is 15.7. The molecule has 0 saturated carbocycles. The Hall–Kier alpha value is -2.89. The summed E-state index contributed by atoms with van der Waals surface area (Å²) in [4.78, 5) is 26.6. The van der Waals surface area contributed by atoms with E-state index >= 15 is 0 Å². The fourth-order valence-electron chi connectivity index (χ4n) is 2.51. The van der Waals surface area contributed by atoms with E-state index in [0.29, 0.717) is 12.3 Å². The quantitative estimate of drug-likeness (QED) is 0.736. The van der Waals surface area contributed by atoms with E-state index in [1.54, 1.807) is 31.2 Å². The van der Waals surface area contributed by atoms with Crippen LogP contribution in [0, 0.1) is 5.82 Å². The van der Waals surface area contributed by atoms with Gasteiger partial charge in [-0.05, 0) is 43.2 Å². The first-order valence-electron chi connectivity index (χ1n) is 9.00. The first-order chi connectivity index (χ1) is 13.0. The molecule has 0 aromatic heterocycles. The molecule has 144 valence electrons. The minimum absolute atomic E-state index is 0.184. The summed E-state index contributed by atoms with van der Waals surface area (Å²) in [6, 6.07) is 14.2. The normalized spacial score (nSPS) is 11.5. The molecule has 0 fully saturated rings. The Morgan fingerprint density at radius 1 is 1.11 bits per heavy atom. The lowest BCUT2D eigenvalue weighted by Gasteiger charge is -2.28. The lowest BCUT2D eigenvalue weighted by atomic mass is 10.1. The average Bonchev–Trinajstić information content (AvgIpc) is 2.70. The number of ether oxygens (including phenoxy) is 1. The van der Waals surface area contributed by atoms with Crippen LogP contribution in [0.15, 0.2) is 54.6 Å². The van der Waals surface area contributed by atoms with Gasteiger partial charge in [0.15, 0.2) is 6.61 Å². The Bertz CT molecular complexity index is 735. The molecule has 0 radical (unpaired) electrons. The van der Waals surface area contributed by atoms with Crippen molar-refractivity contribution in [1.29, 1.82) is 0 Å². The molecule has 2 amide bonds. The lowest BCUT2D eigenvalue weighted by Crippen LogP contribution is -2.49. The highest BCUT2D eigenvalue weighted by atomic mass is 19.1. The maximum Gasteiger partial charge on any atom is 0.261 e. The molecule has 2 aromatic carbocycles. The van der Waals surface area contributed by atoms with E-state index in [1.165, 1.54) is 17.0 Å². The molecule has 1 N–H and O–H groups in total. The monoisotopic (exact) mass is 372 g/mol. The van der Waals surface area contributed by atoms with E-state index in [9.17, 15) is 14.0 Å². The van der Waals surface area contributed by atoms with Crippen molar-refractivity contribution in [2.45, 2.75) is 32.9 Å². The molecule has 2 rings (SSSR count). The largest absolute Gasteiger partial charge is 0.484 e. The molecule has 0 aliphatic rings. The number of hydrogen-bond donors (Lipinski definition) is 1. The molecule has 2 aromatic rings. The lowest BCUT2D eigenvalue weighted by molar-refractivity contribution is -0.142. The Morgan fingerprint density at radius 2 is 1.78 bits per heavy atom. The Kier molecular flexibility index (Phi) is 7.79. The van der Waals surface area contributed by atoms with Gasteiger partial charge in [0.25, 0.3) is 5.91 Å². The number of amides is 2. The van der Waals surface area contributed by atoms with Gasteiger partial charge >= 0.3 is 0 Å². The van der Waals surface area contributed by atoms with Crippen LogP contribution >= 0.6 is 0 Å². The third-order valence-corrected chi connectivity index (χ3v) is 4.09. The first kappa shape index (κ1) is 20.4. The second-order valence-corrected chi connectivity index (χ2v) is 6.22. The molecule has 0 spiro atoms. The van der Waals surface area contributed by atoms with Gasteiger partial charge in [-0.25, -0.2) is 4.39 Å². The number of benzene rings is 2. The molecule has 0 bridgehead atoms. The van der Waals surface area contributed by atoms with Crippen LogP contribution in [0.25, 0.3) is 0 Å². The number of rotatable bonds is 9. The van der Waals surface area contributed by atoms with Crippen molar-refractivity contribution in [3.8, 4) is 5.75 Å². The number of nitrogens with one attached hydrogen (secondary N) is 1. The summed E-state index contributed by atoms with van der Waals surface area (Å²) in [6.07, 6.45) is 0.807. The van der Waals surface area contributed by atoms with Crippen molar-refractivity contribution in [2.24, 2.45) is 0 Å². The maximum atomic E-state index is 13.2. The summed E-state index contributed by atoms with van der Waals surface area (Å²) in [5.74, 6) is -0.317. The van der Waals surface area contributed by atoms with Gasteiger partial charge < -0.3 is 15.0 Å². The Morgan fingerprint density at radius 3 is 2.41 bits per heavy atom. The fourth-order valence-corrected chi connectivity index (χ4v) is 2.51. The smallest absolute Gasteiger partial charge is 0.261 e. The van der Waals surface area contributed by atoms with Crippen molar-refractivity contribution < 1.29 is 18.7 Å². The van der Waals surface area contributed by atoms with Gasteiger partial charge in [0, 0.05) is 13.1 Å². The molecule has 5 nitrogen and oxygen atoms in total. The minimum atomic E-state index is -0.673. The number of carbonyl (C=O) groups is 2. The third kappa shape index (κ3) is 6.40. The summed E-state index contributed by atoms with van der Waals surface area (Å²) >= 11 is 0. The molecule has 0 heterocycles. The van der Waals surface area contributed by atoms with Crippen molar-refractivity contribution >= 4 is 11.8 Å². The Labute approximate surface area is 159 Å². The molecule has 0 saturated heterocycles. The van der Waals surface area contributed by atoms with Crippen LogP contribution in [-0.2, 0) is 16.1 Å².